The Balaban J connectivity index is 1.59. The molecule has 2 aliphatic rings. The van der Waals surface area contributed by atoms with Crippen LogP contribution in [0.3, 0.4) is 0 Å². The molecule has 0 aromatic heterocycles. The van der Waals surface area contributed by atoms with Gasteiger partial charge >= 0.3 is 0 Å². The van der Waals surface area contributed by atoms with Gasteiger partial charge in [-0.15, -0.1) is 0 Å². The Labute approximate surface area is 167 Å². The van der Waals surface area contributed by atoms with Crippen LogP contribution in [-0.4, -0.2) is 81.1 Å². The summed E-state index contributed by atoms with van der Waals surface area (Å²) in [5, 5.41) is 3.35. The predicted molar refractivity (Wildman–Crippen MR) is 110 cm³/mol. The largest absolute Gasteiger partial charge is 0.354 e. The zero-order chi connectivity index (χ0) is 20.1. The molecule has 0 aliphatic carbocycles. The van der Waals surface area contributed by atoms with Crippen LogP contribution in [0, 0.1) is 17.6 Å². The maximum Gasteiger partial charge on any atom is 0.193 e. The molecule has 1 aromatic carbocycles. The zero-order valence-corrected chi connectivity index (χ0v) is 17.3. The number of guanidine groups is 1. The van der Waals surface area contributed by atoms with Gasteiger partial charge in [-0.05, 0) is 64.5 Å². The van der Waals surface area contributed by atoms with E-state index in [1.165, 1.54) is 44.1 Å². The van der Waals surface area contributed by atoms with Crippen LogP contribution in [0.2, 0.25) is 0 Å². The van der Waals surface area contributed by atoms with Crippen LogP contribution in [-0.2, 0) is 0 Å². The lowest BCUT2D eigenvalue weighted by Crippen LogP contribution is -2.44. The third kappa shape index (κ3) is 5.00. The van der Waals surface area contributed by atoms with E-state index in [2.05, 4.69) is 20.1 Å². The highest BCUT2D eigenvalue weighted by Gasteiger charge is 2.28. The maximum atomic E-state index is 14.3. The van der Waals surface area contributed by atoms with Gasteiger partial charge in [0.25, 0.3) is 0 Å². The summed E-state index contributed by atoms with van der Waals surface area (Å²) in [4.78, 5) is 11.1. The first-order valence-electron chi connectivity index (χ1n) is 10.3. The van der Waals surface area contributed by atoms with Crippen molar-refractivity contribution in [3.05, 3.63) is 35.4 Å². The van der Waals surface area contributed by atoms with Crippen molar-refractivity contribution in [3.8, 4) is 0 Å². The molecule has 28 heavy (non-hydrogen) atoms. The molecule has 2 heterocycles. The molecule has 0 spiro atoms. The molecule has 156 valence electrons. The standard InChI is InChI=1S/C21H33F2N5/c1-24-21(28-12-9-16(15-28)14-27-10-4-5-11-27)25-13-19(26(2)3)20-17(22)7-6-8-18(20)23/h6-8,16,19H,4-5,9-15H2,1-3H3,(H,24,25). The summed E-state index contributed by atoms with van der Waals surface area (Å²) < 4.78 is 28.5. The molecule has 0 saturated carbocycles. The highest BCUT2D eigenvalue weighted by atomic mass is 19.1. The molecule has 2 atom stereocenters. The van der Waals surface area contributed by atoms with Gasteiger partial charge in [-0.25, -0.2) is 8.78 Å². The van der Waals surface area contributed by atoms with E-state index >= 15 is 0 Å². The molecular formula is C21H33F2N5. The molecule has 0 radical (unpaired) electrons. The first-order chi connectivity index (χ1) is 13.5. The molecule has 2 saturated heterocycles. The predicted octanol–water partition coefficient (Wildman–Crippen LogP) is 2.56. The molecular weight excluding hydrogens is 360 g/mol. The van der Waals surface area contributed by atoms with Gasteiger partial charge in [-0.2, -0.15) is 0 Å². The summed E-state index contributed by atoms with van der Waals surface area (Å²) in [6, 6.07) is 3.61. The smallest absolute Gasteiger partial charge is 0.193 e. The van der Waals surface area contributed by atoms with E-state index in [9.17, 15) is 8.78 Å². The van der Waals surface area contributed by atoms with Crippen molar-refractivity contribution in [1.82, 2.24) is 20.0 Å². The first-order valence-corrected chi connectivity index (χ1v) is 10.3. The van der Waals surface area contributed by atoms with Crippen molar-refractivity contribution in [3.63, 3.8) is 0 Å². The normalized spacial score (nSPS) is 22.3. The SMILES string of the molecule is CN=C(NCC(c1c(F)cccc1F)N(C)C)N1CCC(CN2CCCC2)C1. The van der Waals surface area contributed by atoms with E-state index in [4.69, 9.17) is 0 Å². The molecule has 2 unspecified atom stereocenters. The van der Waals surface area contributed by atoms with Crippen LogP contribution in [0.25, 0.3) is 0 Å². The van der Waals surface area contributed by atoms with Gasteiger partial charge in [0.2, 0.25) is 0 Å². The molecule has 0 amide bonds. The van der Waals surface area contributed by atoms with E-state index in [1.807, 2.05) is 19.0 Å². The number of aliphatic imine (C=N–C) groups is 1. The highest BCUT2D eigenvalue weighted by molar-refractivity contribution is 5.80. The summed E-state index contributed by atoms with van der Waals surface area (Å²) in [5.41, 5.74) is 0.101. The Hall–Kier alpha value is -1.73. The Morgan fingerprint density at radius 2 is 1.89 bits per heavy atom. The van der Waals surface area contributed by atoms with E-state index in [0.717, 1.165) is 32.0 Å². The Kier molecular flexibility index (Phi) is 7.24. The maximum absolute atomic E-state index is 14.3. The number of halogens is 2. The third-order valence-electron chi connectivity index (χ3n) is 5.92. The number of rotatable bonds is 6. The van der Waals surface area contributed by atoms with Gasteiger partial charge in [0.1, 0.15) is 11.6 Å². The third-order valence-corrected chi connectivity index (χ3v) is 5.92. The minimum atomic E-state index is -0.512. The van der Waals surface area contributed by atoms with Crippen LogP contribution in [0.5, 0.6) is 0 Å². The topological polar surface area (TPSA) is 34.1 Å². The van der Waals surface area contributed by atoms with Crippen molar-refractivity contribution >= 4 is 5.96 Å². The molecule has 1 aromatic rings. The number of nitrogens with zero attached hydrogens (tertiary/aromatic N) is 4. The summed E-state index contributed by atoms with van der Waals surface area (Å²) in [6.07, 6.45) is 3.80. The number of benzene rings is 1. The van der Waals surface area contributed by atoms with Gasteiger partial charge < -0.3 is 20.0 Å². The van der Waals surface area contributed by atoms with Crippen molar-refractivity contribution in [2.45, 2.75) is 25.3 Å². The average Bonchev–Trinajstić information content (AvgIpc) is 3.33. The van der Waals surface area contributed by atoms with Crippen molar-refractivity contribution in [2.75, 3.05) is 60.4 Å². The molecule has 7 heteroatoms. The summed E-state index contributed by atoms with van der Waals surface area (Å²) in [7, 11) is 5.44. The summed E-state index contributed by atoms with van der Waals surface area (Å²) in [5.74, 6) is 0.447. The van der Waals surface area contributed by atoms with Crippen LogP contribution in [0.4, 0.5) is 8.78 Å². The van der Waals surface area contributed by atoms with Gasteiger partial charge in [-0.3, -0.25) is 4.99 Å². The fraction of sp³-hybridized carbons (Fsp3) is 0.667. The molecule has 3 rings (SSSR count). The lowest BCUT2D eigenvalue weighted by molar-refractivity contribution is 0.275. The van der Waals surface area contributed by atoms with Crippen molar-refractivity contribution in [1.29, 1.82) is 0 Å². The van der Waals surface area contributed by atoms with Gasteiger partial charge in [-0.1, -0.05) is 6.07 Å². The van der Waals surface area contributed by atoms with Crippen LogP contribution in [0.15, 0.2) is 23.2 Å². The molecule has 2 aliphatic heterocycles. The van der Waals surface area contributed by atoms with Crippen molar-refractivity contribution < 1.29 is 8.78 Å². The van der Waals surface area contributed by atoms with E-state index in [0.29, 0.717) is 12.5 Å². The van der Waals surface area contributed by atoms with Gasteiger partial charge in [0.05, 0.1) is 6.04 Å². The Morgan fingerprint density at radius 3 is 2.50 bits per heavy atom. The average molecular weight is 394 g/mol. The Morgan fingerprint density at radius 1 is 1.21 bits per heavy atom. The fourth-order valence-electron chi connectivity index (χ4n) is 4.40. The second kappa shape index (κ2) is 9.65. The summed E-state index contributed by atoms with van der Waals surface area (Å²) in [6.45, 7) is 5.96. The van der Waals surface area contributed by atoms with Gasteiger partial charge in [0.15, 0.2) is 5.96 Å². The van der Waals surface area contributed by atoms with E-state index < -0.39 is 17.7 Å². The minimum absolute atomic E-state index is 0.101. The van der Waals surface area contributed by atoms with Crippen LogP contribution >= 0.6 is 0 Å². The quantitative estimate of drug-likeness (QED) is 0.595. The van der Waals surface area contributed by atoms with Crippen LogP contribution < -0.4 is 5.32 Å². The second-order valence-corrected chi connectivity index (χ2v) is 8.15. The first kappa shape index (κ1) is 21.0. The van der Waals surface area contributed by atoms with Crippen molar-refractivity contribution in [2.24, 2.45) is 10.9 Å². The molecule has 2 fully saturated rings. The lowest BCUT2D eigenvalue weighted by atomic mass is 10.0. The van der Waals surface area contributed by atoms with Crippen LogP contribution in [0.1, 0.15) is 30.9 Å². The summed E-state index contributed by atoms with van der Waals surface area (Å²) >= 11 is 0. The highest BCUT2D eigenvalue weighted by Crippen LogP contribution is 2.24. The molecule has 0 bridgehead atoms. The number of likely N-dealkylation sites (tertiary alicyclic amines) is 2. The Bertz CT molecular complexity index is 653. The number of hydrogen-bond acceptors (Lipinski definition) is 3. The minimum Gasteiger partial charge on any atom is -0.354 e. The van der Waals surface area contributed by atoms with E-state index in [-0.39, 0.29) is 5.56 Å². The number of likely N-dealkylation sites (N-methyl/N-ethyl adjacent to an activating group) is 1. The number of nitrogens with one attached hydrogen (secondary N) is 1. The van der Waals surface area contributed by atoms with Gasteiger partial charge in [0, 0.05) is 38.8 Å². The number of hydrogen-bond donors (Lipinski definition) is 1. The molecule has 5 nitrogen and oxygen atoms in total. The molecule has 1 N–H and O–H groups in total. The zero-order valence-electron chi connectivity index (χ0n) is 17.3. The second-order valence-electron chi connectivity index (χ2n) is 8.15. The lowest BCUT2D eigenvalue weighted by Gasteiger charge is -2.29. The fourth-order valence-corrected chi connectivity index (χ4v) is 4.40. The van der Waals surface area contributed by atoms with E-state index in [1.54, 1.807) is 7.05 Å². The monoisotopic (exact) mass is 393 g/mol.